The molecule has 1 aromatic carbocycles. The van der Waals surface area contributed by atoms with Gasteiger partial charge in [-0.05, 0) is 16.8 Å². The minimum Gasteiger partial charge on any atom is -0.253 e. The van der Waals surface area contributed by atoms with Gasteiger partial charge in [0.15, 0.2) is 0 Å². The standard InChI is InChI=1S/C17H15N3S2/c1-2-9-18-17-20(19-11-14-8-10-21-12-14)16(13-22-17)15-6-4-3-5-7-15/h2-8,10-13H,1,9H2. The van der Waals surface area contributed by atoms with Gasteiger partial charge in [0.05, 0.1) is 18.5 Å². The Balaban J connectivity index is 2.07. The Bertz CT molecular complexity index is 824. The second-order valence-corrected chi connectivity index (χ2v) is 6.13. The normalized spacial score (nSPS) is 12.1. The van der Waals surface area contributed by atoms with E-state index < -0.39 is 0 Å². The lowest BCUT2D eigenvalue weighted by atomic mass is 10.2. The molecule has 0 aliphatic rings. The molecule has 0 aliphatic carbocycles. The first kappa shape index (κ1) is 14.7. The highest BCUT2D eigenvalue weighted by molar-refractivity contribution is 7.08. The van der Waals surface area contributed by atoms with Crippen LogP contribution in [0.4, 0.5) is 0 Å². The van der Waals surface area contributed by atoms with Crippen molar-refractivity contribution in [2.45, 2.75) is 0 Å². The molecule has 22 heavy (non-hydrogen) atoms. The van der Waals surface area contributed by atoms with Crippen molar-refractivity contribution in [3.63, 3.8) is 0 Å². The predicted octanol–water partition coefficient (Wildman–Crippen LogP) is 4.25. The summed E-state index contributed by atoms with van der Waals surface area (Å²) in [6.45, 7) is 4.31. The van der Waals surface area contributed by atoms with Gasteiger partial charge in [-0.25, -0.2) is 4.68 Å². The van der Waals surface area contributed by atoms with Gasteiger partial charge in [-0.3, -0.25) is 4.99 Å². The molecule has 0 aliphatic heterocycles. The Hall–Kier alpha value is -2.24. The van der Waals surface area contributed by atoms with Crippen LogP contribution in [-0.4, -0.2) is 17.4 Å². The molecule has 3 rings (SSSR count). The highest BCUT2D eigenvalue weighted by atomic mass is 32.1. The molecule has 0 N–H and O–H groups in total. The molecule has 0 radical (unpaired) electrons. The smallest absolute Gasteiger partial charge is 0.206 e. The minimum absolute atomic E-state index is 0.586. The van der Waals surface area contributed by atoms with E-state index in [4.69, 9.17) is 0 Å². The number of hydrogen-bond acceptors (Lipinski definition) is 4. The summed E-state index contributed by atoms with van der Waals surface area (Å²) in [6.07, 6.45) is 3.65. The van der Waals surface area contributed by atoms with Crippen molar-refractivity contribution in [1.29, 1.82) is 0 Å². The zero-order valence-electron chi connectivity index (χ0n) is 11.9. The van der Waals surface area contributed by atoms with Gasteiger partial charge in [-0.15, -0.1) is 17.9 Å². The fourth-order valence-electron chi connectivity index (χ4n) is 1.94. The van der Waals surface area contributed by atoms with Gasteiger partial charge in [0.25, 0.3) is 0 Å². The summed E-state index contributed by atoms with van der Waals surface area (Å²) in [4.78, 5) is 5.39. The first-order valence-electron chi connectivity index (χ1n) is 6.82. The van der Waals surface area contributed by atoms with Crippen molar-refractivity contribution in [3.05, 3.63) is 75.6 Å². The second kappa shape index (κ2) is 7.15. The van der Waals surface area contributed by atoms with E-state index in [1.807, 2.05) is 40.5 Å². The number of thiophene rings is 1. The predicted molar refractivity (Wildman–Crippen MR) is 95.7 cm³/mol. The molecule has 2 heterocycles. The first-order valence-corrected chi connectivity index (χ1v) is 8.64. The number of rotatable bonds is 5. The first-order chi connectivity index (χ1) is 10.9. The molecule has 2 aromatic heterocycles. The zero-order valence-corrected chi connectivity index (χ0v) is 13.6. The van der Waals surface area contributed by atoms with E-state index in [0.29, 0.717) is 6.54 Å². The van der Waals surface area contributed by atoms with Gasteiger partial charge in [-0.2, -0.15) is 16.4 Å². The van der Waals surface area contributed by atoms with Crippen LogP contribution in [0, 0.1) is 0 Å². The quantitative estimate of drug-likeness (QED) is 0.496. The fourth-order valence-corrected chi connectivity index (χ4v) is 3.40. The van der Waals surface area contributed by atoms with Gasteiger partial charge in [0.1, 0.15) is 0 Å². The summed E-state index contributed by atoms with van der Waals surface area (Å²) in [5.74, 6) is 0. The van der Waals surface area contributed by atoms with Crippen molar-refractivity contribution in [2.75, 3.05) is 6.54 Å². The molecule has 0 atom stereocenters. The molecule has 110 valence electrons. The molecule has 0 saturated carbocycles. The summed E-state index contributed by atoms with van der Waals surface area (Å²) >= 11 is 3.25. The fraction of sp³-hybridized carbons (Fsp3) is 0.0588. The molecule has 5 heteroatoms. The van der Waals surface area contributed by atoms with Crippen LogP contribution in [0.5, 0.6) is 0 Å². The van der Waals surface area contributed by atoms with Crippen molar-refractivity contribution in [1.82, 2.24) is 4.68 Å². The summed E-state index contributed by atoms with van der Waals surface area (Å²) < 4.78 is 1.89. The number of nitrogens with zero attached hydrogens (tertiary/aromatic N) is 3. The second-order valence-electron chi connectivity index (χ2n) is 4.51. The van der Waals surface area contributed by atoms with E-state index in [-0.39, 0.29) is 0 Å². The Morgan fingerprint density at radius 2 is 2.00 bits per heavy atom. The molecular weight excluding hydrogens is 310 g/mol. The summed E-state index contributed by atoms with van der Waals surface area (Å²) in [5, 5.41) is 10.8. The van der Waals surface area contributed by atoms with Crippen molar-refractivity contribution < 1.29 is 0 Å². The molecular formula is C17H15N3S2. The summed E-state index contributed by atoms with van der Waals surface area (Å²) in [6, 6.07) is 12.3. The molecule has 3 nitrogen and oxygen atoms in total. The van der Waals surface area contributed by atoms with E-state index in [1.54, 1.807) is 28.7 Å². The lowest BCUT2D eigenvalue weighted by molar-refractivity contribution is 0.840. The summed E-state index contributed by atoms with van der Waals surface area (Å²) in [5.41, 5.74) is 3.26. The average Bonchev–Trinajstić information content (AvgIpc) is 3.21. The van der Waals surface area contributed by atoms with Crippen molar-refractivity contribution in [2.24, 2.45) is 10.1 Å². The molecule has 0 bridgehead atoms. The maximum Gasteiger partial charge on any atom is 0.206 e. The topological polar surface area (TPSA) is 29.6 Å². The van der Waals surface area contributed by atoms with Crippen LogP contribution in [0.25, 0.3) is 11.3 Å². The zero-order chi connectivity index (χ0) is 15.2. The molecule has 0 saturated heterocycles. The largest absolute Gasteiger partial charge is 0.253 e. The minimum atomic E-state index is 0.586. The maximum absolute atomic E-state index is 4.62. The number of aromatic nitrogens is 1. The lowest BCUT2D eigenvalue weighted by Gasteiger charge is -2.02. The molecule has 0 unspecified atom stereocenters. The van der Waals surface area contributed by atoms with Crippen LogP contribution in [0.3, 0.4) is 0 Å². The van der Waals surface area contributed by atoms with E-state index in [0.717, 1.165) is 21.6 Å². The summed E-state index contributed by atoms with van der Waals surface area (Å²) in [7, 11) is 0. The van der Waals surface area contributed by atoms with Crippen molar-refractivity contribution >= 4 is 28.9 Å². The molecule has 0 amide bonds. The van der Waals surface area contributed by atoms with Gasteiger partial charge in [0.2, 0.25) is 4.80 Å². The van der Waals surface area contributed by atoms with Crippen LogP contribution < -0.4 is 4.80 Å². The van der Waals surface area contributed by atoms with Crippen LogP contribution in [0.15, 0.2) is 75.3 Å². The Morgan fingerprint density at radius 3 is 2.73 bits per heavy atom. The van der Waals surface area contributed by atoms with Crippen LogP contribution in [0.2, 0.25) is 0 Å². The van der Waals surface area contributed by atoms with Crippen LogP contribution >= 0.6 is 22.7 Å². The molecule has 0 fully saturated rings. The van der Waals surface area contributed by atoms with Crippen LogP contribution in [-0.2, 0) is 0 Å². The monoisotopic (exact) mass is 325 g/mol. The highest BCUT2D eigenvalue weighted by Crippen LogP contribution is 2.19. The van der Waals surface area contributed by atoms with E-state index in [1.165, 1.54) is 0 Å². The number of benzene rings is 1. The SMILES string of the molecule is C=CCN=c1scc(-c2ccccc2)n1N=Cc1ccsc1. The number of thiazole rings is 1. The van der Waals surface area contributed by atoms with Gasteiger partial charge in [-0.1, -0.05) is 36.4 Å². The Labute approximate surface area is 137 Å². The lowest BCUT2D eigenvalue weighted by Crippen LogP contribution is -2.12. The molecule has 0 spiro atoms. The van der Waals surface area contributed by atoms with E-state index >= 15 is 0 Å². The van der Waals surface area contributed by atoms with Crippen LogP contribution in [0.1, 0.15) is 5.56 Å². The van der Waals surface area contributed by atoms with Gasteiger partial charge < -0.3 is 0 Å². The maximum atomic E-state index is 4.62. The third-order valence-electron chi connectivity index (χ3n) is 2.98. The van der Waals surface area contributed by atoms with E-state index in [2.05, 4.69) is 39.6 Å². The number of hydrogen-bond donors (Lipinski definition) is 0. The van der Waals surface area contributed by atoms with Gasteiger partial charge >= 0.3 is 0 Å². The third-order valence-corrected chi connectivity index (χ3v) is 4.53. The Morgan fingerprint density at radius 1 is 1.14 bits per heavy atom. The average molecular weight is 325 g/mol. The van der Waals surface area contributed by atoms with Gasteiger partial charge in [0, 0.05) is 16.5 Å². The van der Waals surface area contributed by atoms with Crippen molar-refractivity contribution in [3.8, 4) is 11.3 Å². The Kier molecular flexibility index (Phi) is 4.78. The third kappa shape index (κ3) is 3.32. The highest BCUT2D eigenvalue weighted by Gasteiger charge is 2.06. The van der Waals surface area contributed by atoms with E-state index in [9.17, 15) is 0 Å². The molecule has 3 aromatic rings.